The van der Waals surface area contributed by atoms with Crippen molar-refractivity contribution < 1.29 is 4.74 Å². The summed E-state index contributed by atoms with van der Waals surface area (Å²) in [6.07, 6.45) is 0.800. The molecule has 90 valence electrons. The molecule has 4 heteroatoms. The van der Waals surface area contributed by atoms with Gasteiger partial charge in [-0.3, -0.25) is 0 Å². The molecule has 0 atom stereocenters. The van der Waals surface area contributed by atoms with Gasteiger partial charge in [0.15, 0.2) is 0 Å². The van der Waals surface area contributed by atoms with Gasteiger partial charge in [0.05, 0.1) is 11.6 Å². The number of nitrogens with two attached hydrogens (primary N) is 1. The molecule has 0 aromatic heterocycles. The number of thiocarbonyl (C=S) groups is 1. The molecule has 0 spiro atoms. The van der Waals surface area contributed by atoms with Gasteiger partial charge in [0.1, 0.15) is 0 Å². The summed E-state index contributed by atoms with van der Waals surface area (Å²) in [6.45, 7) is 11.0. The molecule has 0 aliphatic carbocycles. The Hall–Kier alpha value is -0.190. The molecule has 0 unspecified atom stereocenters. The largest absolute Gasteiger partial charge is 0.393 e. The molecular formula is C11H24N2OS. The normalized spacial score (nSPS) is 11.3. The molecule has 0 aliphatic rings. The summed E-state index contributed by atoms with van der Waals surface area (Å²) in [6, 6.07) is 0. The van der Waals surface area contributed by atoms with Crippen molar-refractivity contribution in [1.82, 2.24) is 4.90 Å². The Balaban J connectivity index is 3.78. The van der Waals surface area contributed by atoms with Gasteiger partial charge in [-0.25, -0.2) is 0 Å². The average Bonchev–Trinajstić information content (AvgIpc) is 2.13. The van der Waals surface area contributed by atoms with Gasteiger partial charge in [-0.05, 0) is 12.8 Å². The zero-order valence-corrected chi connectivity index (χ0v) is 11.0. The van der Waals surface area contributed by atoms with Crippen LogP contribution in [0.25, 0.3) is 0 Å². The molecule has 0 rings (SSSR count). The lowest BCUT2D eigenvalue weighted by atomic mass is 10.2. The molecule has 3 nitrogen and oxygen atoms in total. The van der Waals surface area contributed by atoms with E-state index >= 15 is 0 Å². The zero-order chi connectivity index (χ0) is 11.7. The third-order valence-electron chi connectivity index (χ3n) is 2.05. The van der Waals surface area contributed by atoms with Crippen molar-refractivity contribution in [3.8, 4) is 0 Å². The monoisotopic (exact) mass is 232 g/mol. The van der Waals surface area contributed by atoms with Gasteiger partial charge < -0.3 is 15.4 Å². The Morgan fingerprint density at radius 3 is 2.53 bits per heavy atom. The van der Waals surface area contributed by atoms with Crippen molar-refractivity contribution >= 4 is 17.2 Å². The molecule has 0 radical (unpaired) electrons. The fourth-order valence-electron chi connectivity index (χ4n) is 1.42. The lowest BCUT2D eigenvalue weighted by Crippen LogP contribution is -2.33. The van der Waals surface area contributed by atoms with E-state index in [2.05, 4.69) is 18.7 Å². The van der Waals surface area contributed by atoms with Gasteiger partial charge in [-0.1, -0.05) is 26.1 Å². The second kappa shape index (κ2) is 9.07. The third kappa shape index (κ3) is 10.1. The molecule has 2 N–H and O–H groups in total. The second-order valence-corrected chi connectivity index (χ2v) is 4.63. The van der Waals surface area contributed by atoms with Gasteiger partial charge in [-0.15, -0.1) is 0 Å². The maximum Gasteiger partial charge on any atom is 0.0740 e. The first kappa shape index (κ1) is 14.8. The summed E-state index contributed by atoms with van der Waals surface area (Å²) >= 11 is 4.88. The van der Waals surface area contributed by atoms with Crippen LogP contribution in [-0.2, 0) is 4.74 Å². The van der Waals surface area contributed by atoms with Crippen LogP contribution < -0.4 is 5.73 Å². The minimum absolute atomic E-state index is 0.597. The zero-order valence-electron chi connectivity index (χ0n) is 10.2. The van der Waals surface area contributed by atoms with E-state index in [0.29, 0.717) is 10.9 Å². The van der Waals surface area contributed by atoms with Crippen molar-refractivity contribution in [2.45, 2.75) is 27.2 Å². The number of ether oxygens (including phenoxy) is 1. The second-order valence-electron chi connectivity index (χ2n) is 4.11. The Kier molecular flexibility index (Phi) is 8.95. The predicted octanol–water partition coefficient (Wildman–Crippen LogP) is 1.66. The Morgan fingerprint density at radius 2 is 2.07 bits per heavy atom. The summed E-state index contributed by atoms with van der Waals surface area (Å²) in [4.78, 5) is 2.96. The van der Waals surface area contributed by atoms with E-state index in [9.17, 15) is 0 Å². The van der Waals surface area contributed by atoms with E-state index in [1.165, 1.54) is 0 Å². The van der Waals surface area contributed by atoms with Gasteiger partial charge in [0, 0.05) is 32.7 Å². The quantitative estimate of drug-likeness (QED) is 0.485. The lowest BCUT2D eigenvalue weighted by molar-refractivity contribution is 0.109. The predicted molar refractivity (Wildman–Crippen MR) is 69.2 cm³/mol. The average molecular weight is 232 g/mol. The Morgan fingerprint density at radius 1 is 1.40 bits per heavy atom. The summed E-state index contributed by atoms with van der Waals surface area (Å²) in [7, 11) is 0. The highest BCUT2D eigenvalue weighted by Gasteiger charge is 2.07. The van der Waals surface area contributed by atoms with Crippen LogP contribution in [0.15, 0.2) is 0 Å². The molecule has 0 fully saturated rings. The molecule has 0 aliphatic heterocycles. The summed E-state index contributed by atoms with van der Waals surface area (Å²) < 4.78 is 5.35. The molecule has 0 bridgehead atoms. The van der Waals surface area contributed by atoms with Crippen LogP contribution in [0.1, 0.15) is 27.2 Å². The standard InChI is InChI=1S/C11H24N2OS/c1-4-14-8-7-13(9-10(2)3)6-5-11(12)15/h10H,4-9H2,1-3H3,(H2,12,15). The van der Waals surface area contributed by atoms with Crippen LogP contribution in [0.2, 0.25) is 0 Å². The number of hydrogen-bond donors (Lipinski definition) is 1. The summed E-state index contributed by atoms with van der Waals surface area (Å²) in [5, 5.41) is 0. The Labute approximate surface area is 99.0 Å². The molecule has 15 heavy (non-hydrogen) atoms. The number of hydrogen-bond acceptors (Lipinski definition) is 3. The molecule has 0 aromatic rings. The van der Waals surface area contributed by atoms with Crippen molar-refractivity contribution in [1.29, 1.82) is 0 Å². The first-order valence-corrected chi connectivity index (χ1v) is 6.05. The van der Waals surface area contributed by atoms with E-state index in [4.69, 9.17) is 22.7 Å². The highest BCUT2D eigenvalue weighted by molar-refractivity contribution is 7.80. The highest BCUT2D eigenvalue weighted by Crippen LogP contribution is 2.00. The third-order valence-corrected chi connectivity index (χ3v) is 2.26. The van der Waals surface area contributed by atoms with Crippen LogP contribution in [0.4, 0.5) is 0 Å². The van der Waals surface area contributed by atoms with Gasteiger partial charge >= 0.3 is 0 Å². The molecule has 0 heterocycles. The molecule has 0 aromatic carbocycles. The minimum Gasteiger partial charge on any atom is -0.393 e. The Bertz CT molecular complexity index is 174. The van der Waals surface area contributed by atoms with E-state index in [1.807, 2.05) is 6.92 Å². The van der Waals surface area contributed by atoms with Crippen molar-refractivity contribution in [2.24, 2.45) is 11.7 Å². The van der Waals surface area contributed by atoms with Gasteiger partial charge in [0.25, 0.3) is 0 Å². The highest BCUT2D eigenvalue weighted by atomic mass is 32.1. The van der Waals surface area contributed by atoms with E-state index in [-0.39, 0.29) is 0 Å². The van der Waals surface area contributed by atoms with Crippen molar-refractivity contribution in [3.63, 3.8) is 0 Å². The smallest absolute Gasteiger partial charge is 0.0740 e. The van der Waals surface area contributed by atoms with E-state index < -0.39 is 0 Å². The summed E-state index contributed by atoms with van der Waals surface area (Å²) in [5.74, 6) is 0.665. The first-order valence-electron chi connectivity index (χ1n) is 5.64. The molecule has 0 saturated heterocycles. The van der Waals surface area contributed by atoms with Gasteiger partial charge in [0.2, 0.25) is 0 Å². The topological polar surface area (TPSA) is 38.5 Å². The van der Waals surface area contributed by atoms with Crippen molar-refractivity contribution in [2.75, 3.05) is 32.8 Å². The van der Waals surface area contributed by atoms with Crippen molar-refractivity contribution in [3.05, 3.63) is 0 Å². The molecule has 0 saturated carbocycles. The fraction of sp³-hybridized carbons (Fsp3) is 0.909. The maximum atomic E-state index is 5.50. The number of rotatable bonds is 9. The minimum atomic E-state index is 0.597. The first-order chi connectivity index (χ1) is 7.06. The van der Waals surface area contributed by atoms with Crippen LogP contribution >= 0.6 is 12.2 Å². The maximum absolute atomic E-state index is 5.50. The van der Waals surface area contributed by atoms with E-state index in [1.54, 1.807) is 0 Å². The SMILES string of the molecule is CCOCCN(CCC(N)=S)CC(C)C. The lowest BCUT2D eigenvalue weighted by Gasteiger charge is -2.23. The van der Waals surface area contributed by atoms with Crippen LogP contribution in [0.5, 0.6) is 0 Å². The van der Waals surface area contributed by atoms with Crippen LogP contribution in [0, 0.1) is 5.92 Å². The fourth-order valence-corrected chi connectivity index (χ4v) is 1.51. The number of nitrogens with zero attached hydrogens (tertiary/aromatic N) is 1. The van der Waals surface area contributed by atoms with Crippen LogP contribution in [-0.4, -0.2) is 42.7 Å². The van der Waals surface area contributed by atoms with E-state index in [0.717, 1.165) is 39.3 Å². The molecular weight excluding hydrogens is 208 g/mol. The molecule has 0 amide bonds. The summed E-state index contributed by atoms with van der Waals surface area (Å²) in [5.41, 5.74) is 5.50. The van der Waals surface area contributed by atoms with Crippen LogP contribution in [0.3, 0.4) is 0 Å². The van der Waals surface area contributed by atoms with Gasteiger partial charge in [-0.2, -0.15) is 0 Å².